The molecular formula is C26H26N4O6. The first-order valence-electron chi connectivity index (χ1n) is 11.2. The highest BCUT2D eigenvalue weighted by atomic mass is 16.6. The van der Waals surface area contributed by atoms with Crippen LogP contribution in [0.15, 0.2) is 48.5 Å². The van der Waals surface area contributed by atoms with E-state index in [0.717, 1.165) is 27.8 Å². The molecule has 0 aliphatic heterocycles. The molecule has 1 heterocycles. The zero-order valence-electron chi connectivity index (χ0n) is 20.6. The van der Waals surface area contributed by atoms with Crippen molar-refractivity contribution in [3.63, 3.8) is 0 Å². The predicted octanol–water partition coefficient (Wildman–Crippen LogP) is 5.31. The third-order valence-electron chi connectivity index (χ3n) is 5.70. The van der Waals surface area contributed by atoms with Gasteiger partial charge in [0.25, 0.3) is 11.6 Å². The van der Waals surface area contributed by atoms with Crippen LogP contribution in [-0.4, -0.2) is 27.8 Å². The van der Waals surface area contributed by atoms with Gasteiger partial charge in [-0.05, 0) is 68.7 Å². The lowest BCUT2D eigenvalue weighted by Crippen LogP contribution is -2.46. The average molecular weight is 491 g/mol. The van der Waals surface area contributed by atoms with Gasteiger partial charge in [0.05, 0.1) is 10.6 Å². The summed E-state index contributed by atoms with van der Waals surface area (Å²) in [5.41, 5.74) is 3.04. The van der Waals surface area contributed by atoms with Crippen molar-refractivity contribution in [2.24, 2.45) is 0 Å². The number of hydrogen-bond donors (Lipinski definition) is 1. The fourth-order valence-electron chi connectivity index (χ4n) is 3.49. The van der Waals surface area contributed by atoms with E-state index in [1.165, 1.54) is 24.3 Å². The molecule has 10 heteroatoms. The third kappa shape index (κ3) is 5.54. The molecule has 10 nitrogen and oxygen atoms in total. The van der Waals surface area contributed by atoms with Gasteiger partial charge >= 0.3 is 6.03 Å². The van der Waals surface area contributed by atoms with Crippen LogP contribution in [0, 0.1) is 37.8 Å². The summed E-state index contributed by atoms with van der Waals surface area (Å²) in [6.45, 7) is 9.16. The van der Waals surface area contributed by atoms with Gasteiger partial charge in [0.15, 0.2) is 0 Å². The van der Waals surface area contributed by atoms with Gasteiger partial charge in [-0.15, -0.1) is 0 Å². The molecule has 3 rings (SSSR count). The number of nitro benzene ring substituents is 1. The van der Waals surface area contributed by atoms with E-state index in [1.54, 1.807) is 26.0 Å². The molecule has 0 aliphatic rings. The van der Waals surface area contributed by atoms with Crippen LogP contribution < -0.4 is 15.0 Å². The second kappa shape index (κ2) is 10.8. The number of para-hydroxylation sites is 1. The Kier molecular flexibility index (Phi) is 7.78. The van der Waals surface area contributed by atoms with E-state index in [1.807, 2.05) is 26.8 Å². The number of amides is 4. The molecular weight excluding hydrogens is 464 g/mol. The third-order valence-corrected chi connectivity index (χ3v) is 5.70. The smallest absolute Gasteiger partial charge is 0.335 e. The van der Waals surface area contributed by atoms with Crippen LogP contribution in [0.3, 0.4) is 0 Å². The van der Waals surface area contributed by atoms with Crippen molar-refractivity contribution in [2.45, 2.75) is 41.0 Å². The van der Waals surface area contributed by atoms with E-state index >= 15 is 0 Å². The quantitative estimate of drug-likeness (QED) is 0.366. The standard InChI is InChI=1S/C26H26N4O6/c1-6-24(31)29(26(33)28-25(32)20-9-7-8-10-21(20)30(34)35)19-11-12-22(16(3)13-19)36-23-14-15(2)17(4)18(5)27-23/h7-14H,6H2,1-5H3,(H,28,32,33). The Balaban J connectivity index is 1.88. The molecule has 0 aliphatic carbocycles. The van der Waals surface area contributed by atoms with Crippen molar-refractivity contribution in [3.8, 4) is 11.6 Å². The minimum absolute atomic E-state index is 0.0176. The Bertz CT molecular complexity index is 1350. The summed E-state index contributed by atoms with van der Waals surface area (Å²) in [7, 11) is 0. The fraction of sp³-hybridized carbons (Fsp3) is 0.231. The Morgan fingerprint density at radius 1 is 1.03 bits per heavy atom. The highest BCUT2D eigenvalue weighted by molar-refractivity contribution is 6.20. The number of benzene rings is 2. The number of aryl methyl sites for hydroxylation is 3. The van der Waals surface area contributed by atoms with Gasteiger partial charge in [-0.3, -0.25) is 25.0 Å². The molecule has 0 bridgehead atoms. The molecule has 4 amide bonds. The van der Waals surface area contributed by atoms with E-state index in [-0.39, 0.29) is 17.7 Å². The van der Waals surface area contributed by atoms with Gasteiger partial charge < -0.3 is 4.74 Å². The predicted molar refractivity (Wildman–Crippen MR) is 133 cm³/mol. The zero-order chi connectivity index (χ0) is 26.6. The van der Waals surface area contributed by atoms with Crippen molar-refractivity contribution in [1.29, 1.82) is 0 Å². The van der Waals surface area contributed by atoms with E-state index in [4.69, 9.17) is 4.74 Å². The van der Waals surface area contributed by atoms with Gasteiger partial charge in [0.2, 0.25) is 11.8 Å². The summed E-state index contributed by atoms with van der Waals surface area (Å²) >= 11 is 0. The number of imide groups is 2. The Labute approximate surface area is 208 Å². The fourth-order valence-corrected chi connectivity index (χ4v) is 3.49. The molecule has 1 aromatic heterocycles. The number of aromatic nitrogens is 1. The van der Waals surface area contributed by atoms with E-state index in [0.29, 0.717) is 17.2 Å². The van der Waals surface area contributed by atoms with Crippen LogP contribution in [0.2, 0.25) is 0 Å². The van der Waals surface area contributed by atoms with Crippen molar-refractivity contribution in [2.75, 3.05) is 4.90 Å². The Morgan fingerprint density at radius 2 is 1.72 bits per heavy atom. The number of ether oxygens (including phenoxy) is 1. The number of pyridine rings is 1. The number of anilines is 1. The van der Waals surface area contributed by atoms with Crippen LogP contribution in [0.25, 0.3) is 0 Å². The van der Waals surface area contributed by atoms with Crippen molar-refractivity contribution in [1.82, 2.24) is 10.3 Å². The monoisotopic (exact) mass is 490 g/mol. The first kappa shape index (κ1) is 26.0. The molecule has 1 N–H and O–H groups in total. The number of nitrogens with zero attached hydrogens (tertiary/aromatic N) is 3. The summed E-state index contributed by atoms with van der Waals surface area (Å²) < 4.78 is 5.93. The van der Waals surface area contributed by atoms with Gasteiger partial charge in [0, 0.05) is 24.2 Å². The number of urea groups is 1. The van der Waals surface area contributed by atoms with Gasteiger partial charge in [-0.25, -0.2) is 14.7 Å². The first-order chi connectivity index (χ1) is 17.0. The lowest BCUT2D eigenvalue weighted by Gasteiger charge is -2.21. The van der Waals surface area contributed by atoms with Crippen LogP contribution in [0.5, 0.6) is 11.6 Å². The summed E-state index contributed by atoms with van der Waals surface area (Å²) in [4.78, 5) is 54.0. The van der Waals surface area contributed by atoms with Gasteiger partial charge in [-0.1, -0.05) is 19.1 Å². The minimum Gasteiger partial charge on any atom is -0.439 e. The molecule has 0 atom stereocenters. The van der Waals surface area contributed by atoms with E-state index in [9.17, 15) is 24.5 Å². The molecule has 0 spiro atoms. The molecule has 36 heavy (non-hydrogen) atoms. The molecule has 0 fully saturated rings. The molecule has 186 valence electrons. The number of carbonyl (C=O) groups is 3. The van der Waals surface area contributed by atoms with Crippen molar-refractivity contribution >= 4 is 29.2 Å². The SMILES string of the molecule is CCC(=O)N(C(=O)NC(=O)c1ccccc1[N+](=O)[O-])c1ccc(Oc2cc(C)c(C)c(C)n2)c(C)c1. The highest BCUT2D eigenvalue weighted by Crippen LogP contribution is 2.30. The maximum absolute atomic E-state index is 13.0. The van der Waals surface area contributed by atoms with Crippen LogP contribution >= 0.6 is 0 Å². The normalized spacial score (nSPS) is 10.5. The van der Waals surface area contributed by atoms with E-state index in [2.05, 4.69) is 10.3 Å². The molecule has 0 saturated carbocycles. The summed E-state index contributed by atoms with van der Waals surface area (Å²) in [5.74, 6) is -0.661. The Hall–Kier alpha value is -4.60. The summed E-state index contributed by atoms with van der Waals surface area (Å²) in [6, 6.07) is 10.7. The second-order valence-electron chi connectivity index (χ2n) is 8.16. The van der Waals surface area contributed by atoms with Crippen molar-refractivity contribution in [3.05, 3.63) is 86.6 Å². The van der Waals surface area contributed by atoms with Gasteiger partial charge in [0.1, 0.15) is 11.3 Å². The number of nitro groups is 1. The number of hydrogen-bond acceptors (Lipinski definition) is 7. The summed E-state index contributed by atoms with van der Waals surface area (Å²) in [6.07, 6.45) is -0.0176. The highest BCUT2D eigenvalue weighted by Gasteiger charge is 2.27. The zero-order valence-corrected chi connectivity index (χ0v) is 20.6. The lowest BCUT2D eigenvalue weighted by atomic mass is 10.1. The second-order valence-corrected chi connectivity index (χ2v) is 8.16. The molecule has 0 saturated heterocycles. The molecule has 0 unspecified atom stereocenters. The van der Waals surface area contributed by atoms with E-state index < -0.39 is 28.5 Å². The van der Waals surface area contributed by atoms with Crippen LogP contribution in [-0.2, 0) is 4.79 Å². The summed E-state index contributed by atoms with van der Waals surface area (Å²) in [5, 5.41) is 13.3. The minimum atomic E-state index is -1.02. The van der Waals surface area contributed by atoms with Crippen LogP contribution in [0.1, 0.15) is 46.1 Å². The lowest BCUT2D eigenvalue weighted by molar-refractivity contribution is -0.385. The number of rotatable bonds is 6. The first-order valence-corrected chi connectivity index (χ1v) is 11.2. The number of carbonyl (C=O) groups excluding carboxylic acids is 3. The largest absolute Gasteiger partial charge is 0.439 e. The van der Waals surface area contributed by atoms with Crippen molar-refractivity contribution < 1.29 is 24.0 Å². The molecule has 0 radical (unpaired) electrons. The average Bonchev–Trinajstić information content (AvgIpc) is 2.84. The maximum atomic E-state index is 13.0. The molecule has 3 aromatic rings. The topological polar surface area (TPSA) is 132 Å². The number of nitrogens with one attached hydrogen (secondary N) is 1. The van der Waals surface area contributed by atoms with Crippen LogP contribution in [0.4, 0.5) is 16.2 Å². The van der Waals surface area contributed by atoms with Gasteiger partial charge in [-0.2, -0.15) is 0 Å². The Morgan fingerprint density at radius 3 is 2.33 bits per heavy atom. The maximum Gasteiger partial charge on any atom is 0.335 e. The molecule has 2 aromatic carbocycles.